The summed E-state index contributed by atoms with van der Waals surface area (Å²) in [5, 5.41) is 0. The number of hydrogen-bond acceptors (Lipinski definition) is 1. The van der Waals surface area contributed by atoms with E-state index < -0.39 is 8.07 Å². The van der Waals surface area contributed by atoms with Crippen molar-refractivity contribution in [1.82, 2.24) is 0 Å². The van der Waals surface area contributed by atoms with Crippen LogP contribution in [0.4, 0.5) is 0 Å². The van der Waals surface area contributed by atoms with Crippen LogP contribution in [-0.4, -0.2) is 14.7 Å². The number of ether oxygens (including phenoxy) is 1. The van der Waals surface area contributed by atoms with Crippen LogP contribution < -0.4 is 0 Å². The Balaban J connectivity index is 2.26. The van der Waals surface area contributed by atoms with E-state index in [4.69, 9.17) is 4.74 Å². The first-order valence-corrected chi connectivity index (χ1v) is 9.79. The van der Waals surface area contributed by atoms with Gasteiger partial charge in [0, 0.05) is 19.2 Å². The van der Waals surface area contributed by atoms with E-state index in [1.54, 1.807) is 0 Å². The molecule has 0 aliphatic heterocycles. The van der Waals surface area contributed by atoms with Gasteiger partial charge in [-0.25, -0.2) is 0 Å². The highest BCUT2D eigenvalue weighted by Crippen LogP contribution is 2.13. The first-order valence-electron chi connectivity index (χ1n) is 5.29. The van der Waals surface area contributed by atoms with Crippen molar-refractivity contribution in [3.05, 3.63) is 34.3 Å². The van der Waals surface area contributed by atoms with Crippen molar-refractivity contribution in [2.24, 2.45) is 0 Å². The summed E-state index contributed by atoms with van der Waals surface area (Å²) in [5.41, 5.74) is 1.24. The van der Waals surface area contributed by atoms with Crippen molar-refractivity contribution < 1.29 is 4.74 Å². The maximum atomic E-state index is 5.66. The van der Waals surface area contributed by atoms with Crippen molar-refractivity contribution >= 4 is 24.0 Å². The lowest BCUT2D eigenvalue weighted by Gasteiger charge is -2.15. The van der Waals surface area contributed by atoms with E-state index >= 15 is 0 Å². The van der Waals surface area contributed by atoms with Crippen LogP contribution in [-0.2, 0) is 11.3 Å². The summed E-state index contributed by atoms with van der Waals surface area (Å²) in [6, 6.07) is 9.52. The summed E-state index contributed by atoms with van der Waals surface area (Å²) < 4.78 is 6.78. The summed E-state index contributed by atoms with van der Waals surface area (Å²) in [6.07, 6.45) is 0. The van der Waals surface area contributed by atoms with Gasteiger partial charge in [-0.3, -0.25) is 0 Å². The minimum absolute atomic E-state index is 0.726. The lowest BCUT2D eigenvalue weighted by molar-refractivity contribution is 0.133. The fraction of sp³-hybridized carbons (Fsp3) is 0.500. The van der Waals surface area contributed by atoms with Gasteiger partial charge in [-0.1, -0.05) is 47.7 Å². The first kappa shape index (κ1) is 12.9. The fourth-order valence-corrected chi connectivity index (χ4v) is 2.40. The normalized spacial score (nSPS) is 11.7. The Morgan fingerprint density at radius 2 is 2.00 bits per heavy atom. The molecule has 0 aliphatic carbocycles. The van der Waals surface area contributed by atoms with Gasteiger partial charge in [0.05, 0.1) is 6.61 Å². The van der Waals surface area contributed by atoms with Crippen molar-refractivity contribution in [1.29, 1.82) is 0 Å². The molecule has 0 saturated heterocycles. The standard InChI is InChI=1S/C12H19BrOSi/c1-15(2,3)8-7-14-10-11-5-4-6-12(13)9-11/h4-6,9H,7-8,10H2,1-3H3. The van der Waals surface area contributed by atoms with Gasteiger partial charge in [-0.15, -0.1) is 0 Å². The van der Waals surface area contributed by atoms with Gasteiger partial charge >= 0.3 is 0 Å². The van der Waals surface area contributed by atoms with Crippen LogP contribution in [0.2, 0.25) is 25.7 Å². The third-order valence-electron chi connectivity index (χ3n) is 2.15. The van der Waals surface area contributed by atoms with Gasteiger partial charge < -0.3 is 4.74 Å². The zero-order chi connectivity index (χ0) is 11.3. The summed E-state index contributed by atoms with van der Waals surface area (Å²) in [5.74, 6) is 0. The second-order valence-electron chi connectivity index (χ2n) is 4.99. The van der Waals surface area contributed by atoms with E-state index in [1.807, 2.05) is 12.1 Å². The SMILES string of the molecule is C[Si](C)(C)CCOCc1cccc(Br)c1. The molecule has 0 aromatic heterocycles. The average molecular weight is 287 g/mol. The van der Waals surface area contributed by atoms with Crippen molar-refractivity contribution in [2.45, 2.75) is 32.3 Å². The van der Waals surface area contributed by atoms with Crippen LogP contribution in [0.1, 0.15) is 5.56 Å². The van der Waals surface area contributed by atoms with Crippen LogP contribution in [0.15, 0.2) is 28.7 Å². The maximum absolute atomic E-state index is 5.66. The van der Waals surface area contributed by atoms with E-state index in [9.17, 15) is 0 Å². The van der Waals surface area contributed by atoms with E-state index in [0.717, 1.165) is 17.7 Å². The Morgan fingerprint density at radius 3 is 2.60 bits per heavy atom. The molecular weight excluding hydrogens is 268 g/mol. The number of rotatable bonds is 5. The Morgan fingerprint density at radius 1 is 1.27 bits per heavy atom. The highest BCUT2D eigenvalue weighted by Gasteiger charge is 2.11. The number of halogens is 1. The smallest absolute Gasteiger partial charge is 0.0717 e. The lowest BCUT2D eigenvalue weighted by atomic mass is 10.2. The van der Waals surface area contributed by atoms with Gasteiger partial charge in [-0.05, 0) is 23.7 Å². The predicted octanol–water partition coefficient (Wildman–Crippen LogP) is 4.30. The van der Waals surface area contributed by atoms with Crippen LogP contribution >= 0.6 is 15.9 Å². The lowest BCUT2D eigenvalue weighted by Crippen LogP contribution is -2.21. The Bertz CT molecular complexity index is 307. The molecule has 0 amide bonds. The minimum atomic E-state index is -0.941. The number of hydrogen-bond donors (Lipinski definition) is 0. The van der Waals surface area contributed by atoms with E-state index in [2.05, 4.69) is 47.7 Å². The molecule has 0 bridgehead atoms. The highest BCUT2D eigenvalue weighted by atomic mass is 79.9. The van der Waals surface area contributed by atoms with E-state index in [0.29, 0.717) is 0 Å². The van der Waals surface area contributed by atoms with E-state index in [-0.39, 0.29) is 0 Å². The summed E-state index contributed by atoms with van der Waals surface area (Å²) in [4.78, 5) is 0. The zero-order valence-electron chi connectivity index (χ0n) is 9.72. The number of benzene rings is 1. The second-order valence-corrected chi connectivity index (χ2v) is 11.5. The molecule has 1 rings (SSSR count). The summed E-state index contributed by atoms with van der Waals surface area (Å²) in [7, 11) is -0.941. The molecule has 3 heteroatoms. The van der Waals surface area contributed by atoms with Crippen molar-refractivity contribution in [3.8, 4) is 0 Å². The summed E-state index contributed by atoms with van der Waals surface area (Å²) >= 11 is 3.45. The van der Waals surface area contributed by atoms with Gasteiger partial charge in [0.15, 0.2) is 0 Å². The molecule has 0 heterocycles. The Hall–Kier alpha value is -0.123. The molecule has 0 fully saturated rings. The molecule has 0 saturated carbocycles. The van der Waals surface area contributed by atoms with Gasteiger partial charge in [-0.2, -0.15) is 0 Å². The molecule has 0 N–H and O–H groups in total. The predicted molar refractivity (Wildman–Crippen MR) is 72.0 cm³/mol. The Kier molecular flexibility index (Phi) is 5.03. The molecule has 84 valence electrons. The van der Waals surface area contributed by atoms with Crippen LogP contribution in [0, 0.1) is 0 Å². The van der Waals surface area contributed by atoms with Crippen molar-refractivity contribution in [3.63, 3.8) is 0 Å². The highest BCUT2D eigenvalue weighted by molar-refractivity contribution is 9.10. The molecule has 0 unspecified atom stereocenters. The quantitative estimate of drug-likeness (QED) is 0.579. The van der Waals surface area contributed by atoms with E-state index in [1.165, 1.54) is 11.6 Å². The summed E-state index contributed by atoms with van der Waals surface area (Å²) in [6.45, 7) is 8.73. The topological polar surface area (TPSA) is 9.23 Å². The first-order chi connectivity index (χ1) is 6.97. The molecule has 0 atom stereocenters. The zero-order valence-corrected chi connectivity index (χ0v) is 12.3. The maximum Gasteiger partial charge on any atom is 0.0717 e. The molecule has 0 radical (unpaired) electrons. The average Bonchev–Trinajstić information content (AvgIpc) is 2.11. The molecule has 1 aromatic rings. The third-order valence-corrected chi connectivity index (χ3v) is 4.35. The van der Waals surface area contributed by atoms with Crippen LogP contribution in [0.3, 0.4) is 0 Å². The second kappa shape index (κ2) is 5.82. The largest absolute Gasteiger partial charge is 0.377 e. The molecule has 1 nitrogen and oxygen atoms in total. The third kappa shape index (κ3) is 6.13. The van der Waals surface area contributed by atoms with Gasteiger partial charge in [0.1, 0.15) is 0 Å². The van der Waals surface area contributed by atoms with Crippen molar-refractivity contribution in [2.75, 3.05) is 6.61 Å². The van der Waals surface area contributed by atoms with Gasteiger partial charge in [0.2, 0.25) is 0 Å². The fourth-order valence-electron chi connectivity index (χ4n) is 1.20. The minimum Gasteiger partial charge on any atom is -0.377 e. The molecule has 0 aliphatic rings. The Labute approximate surface area is 102 Å². The molecule has 15 heavy (non-hydrogen) atoms. The van der Waals surface area contributed by atoms with Crippen LogP contribution in [0.25, 0.3) is 0 Å². The molecule has 1 aromatic carbocycles. The molecular formula is C12H19BrOSi. The molecule has 0 spiro atoms. The van der Waals surface area contributed by atoms with Crippen LogP contribution in [0.5, 0.6) is 0 Å². The monoisotopic (exact) mass is 286 g/mol. The van der Waals surface area contributed by atoms with Gasteiger partial charge in [0.25, 0.3) is 0 Å².